The maximum absolute atomic E-state index is 12.0. The Morgan fingerprint density at radius 2 is 2.17 bits per heavy atom. The molecule has 2 unspecified atom stereocenters. The van der Waals surface area contributed by atoms with Gasteiger partial charge in [-0.05, 0) is 24.1 Å². The molecule has 2 aromatic rings. The van der Waals surface area contributed by atoms with Gasteiger partial charge in [-0.3, -0.25) is 4.79 Å². The molecule has 0 radical (unpaired) electrons. The molecule has 0 saturated carbocycles. The number of benzene rings is 1. The number of carbonyl (C=O) groups is 1. The van der Waals surface area contributed by atoms with Crippen LogP contribution in [0.25, 0.3) is 0 Å². The molecule has 8 heteroatoms. The number of carbonyl (C=O) groups excluding carboxylic acids is 1. The van der Waals surface area contributed by atoms with Crippen LogP contribution in [-0.2, 0) is 11.2 Å². The van der Waals surface area contributed by atoms with Gasteiger partial charge >= 0.3 is 0 Å². The van der Waals surface area contributed by atoms with Gasteiger partial charge in [-0.2, -0.15) is 0 Å². The summed E-state index contributed by atoms with van der Waals surface area (Å²) in [6.45, 7) is 0.463. The first-order valence-corrected chi connectivity index (χ1v) is 8.62. The van der Waals surface area contributed by atoms with Gasteiger partial charge in [0.05, 0.1) is 12.1 Å². The van der Waals surface area contributed by atoms with E-state index < -0.39 is 6.10 Å². The number of aliphatic hydroxyl groups excluding tert-OH is 1. The summed E-state index contributed by atoms with van der Waals surface area (Å²) in [6.07, 6.45) is 2.59. The minimum Gasteiger partial charge on any atom is -0.392 e. The molecular weight excluding hydrogens is 402 g/mol. The summed E-state index contributed by atoms with van der Waals surface area (Å²) in [7, 11) is 0. The summed E-state index contributed by atoms with van der Waals surface area (Å²) in [6, 6.07) is 7.80. The van der Waals surface area contributed by atoms with Gasteiger partial charge < -0.3 is 15.7 Å². The minimum absolute atomic E-state index is 0. The van der Waals surface area contributed by atoms with E-state index in [1.807, 2.05) is 12.1 Å². The summed E-state index contributed by atoms with van der Waals surface area (Å²) in [4.78, 5) is 17.4. The maximum Gasteiger partial charge on any atom is 0.243 e. The Hall–Kier alpha value is -0.990. The van der Waals surface area contributed by atoms with E-state index in [4.69, 9.17) is 0 Å². The number of nitrogens with zero attached hydrogens (tertiary/aromatic N) is 1. The van der Waals surface area contributed by atoms with Crippen LogP contribution in [0.5, 0.6) is 0 Å². The summed E-state index contributed by atoms with van der Waals surface area (Å²) >= 11 is 4.89. The molecule has 2 atom stereocenters. The molecule has 1 fully saturated rings. The number of thiazole rings is 1. The number of aliphatic hydroxyl groups is 1. The second-order valence-electron chi connectivity index (χ2n) is 5.27. The molecule has 124 valence electrons. The van der Waals surface area contributed by atoms with E-state index in [1.165, 1.54) is 16.9 Å². The molecule has 0 bridgehead atoms. The van der Waals surface area contributed by atoms with Crippen molar-refractivity contribution in [1.29, 1.82) is 0 Å². The van der Waals surface area contributed by atoms with Crippen molar-refractivity contribution >= 4 is 50.7 Å². The average molecular weight is 419 g/mol. The zero-order valence-electron chi connectivity index (χ0n) is 12.2. The van der Waals surface area contributed by atoms with Crippen molar-refractivity contribution < 1.29 is 9.90 Å². The van der Waals surface area contributed by atoms with Crippen molar-refractivity contribution in [3.63, 3.8) is 0 Å². The number of hydrogen-bond donors (Lipinski definition) is 3. The molecule has 1 aromatic carbocycles. The fourth-order valence-corrected chi connectivity index (χ4v) is 3.47. The van der Waals surface area contributed by atoms with Crippen molar-refractivity contribution in [2.45, 2.75) is 25.0 Å². The first kappa shape index (κ1) is 18.4. The number of hydrogen-bond acceptors (Lipinski definition) is 5. The predicted octanol–water partition coefficient (Wildman–Crippen LogP) is 2.58. The van der Waals surface area contributed by atoms with Crippen molar-refractivity contribution in [2.24, 2.45) is 0 Å². The van der Waals surface area contributed by atoms with Crippen LogP contribution in [0.1, 0.15) is 16.9 Å². The van der Waals surface area contributed by atoms with Gasteiger partial charge in [-0.15, -0.1) is 23.7 Å². The van der Waals surface area contributed by atoms with Crippen molar-refractivity contribution in [3.8, 4) is 0 Å². The first-order valence-electron chi connectivity index (χ1n) is 7.01. The average Bonchev–Trinajstić information content (AvgIpc) is 3.11. The number of β-amino-alcohol motifs (C(OH)–C–C–N with tert-alkyl or cyclic N) is 1. The Morgan fingerprint density at radius 1 is 1.43 bits per heavy atom. The van der Waals surface area contributed by atoms with E-state index in [0.717, 1.165) is 15.8 Å². The standard InChI is InChI=1S/C15H16BrN3O2S.ClH/c16-10-3-1-9(2-4-10)5-12-8-18-15(22-12)19-14(21)13-6-11(20)7-17-13;/h1-4,8,11,13,17,20H,5-7H2,(H,18,19,21);1H. The number of rotatable bonds is 4. The Balaban J connectivity index is 0.00000192. The molecule has 0 aliphatic carbocycles. The Morgan fingerprint density at radius 3 is 2.83 bits per heavy atom. The van der Waals surface area contributed by atoms with Crippen LogP contribution in [0.2, 0.25) is 0 Å². The van der Waals surface area contributed by atoms with Gasteiger partial charge in [-0.1, -0.05) is 28.1 Å². The number of aromatic nitrogens is 1. The number of halogens is 2. The van der Waals surface area contributed by atoms with Crippen molar-refractivity contribution in [3.05, 3.63) is 45.4 Å². The van der Waals surface area contributed by atoms with Crippen molar-refractivity contribution in [2.75, 3.05) is 11.9 Å². The molecule has 23 heavy (non-hydrogen) atoms. The van der Waals surface area contributed by atoms with Crippen LogP contribution in [0.3, 0.4) is 0 Å². The van der Waals surface area contributed by atoms with Crippen LogP contribution >= 0.6 is 39.7 Å². The van der Waals surface area contributed by atoms with Gasteiger partial charge in [0.25, 0.3) is 0 Å². The topological polar surface area (TPSA) is 74.2 Å². The lowest BCUT2D eigenvalue weighted by Crippen LogP contribution is -2.35. The molecule has 5 nitrogen and oxygen atoms in total. The van der Waals surface area contributed by atoms with Gasteiger partial charge in [0.15, 0.2) is 5.13 Å². The molecule has 0 spiro atoms. The molecule has 2 heterocycles. The quantitative estimate of drug-likeness (QED) is 0.713. The fourth-order valence-electron chi connectivity index (χ4n) is 2.36. The molecule has 1 aliphatic rings. The second kappa shape index (κ2) is 8.21. The summed E-state index contributed by atoms with van der Waals surface area (Å²) < 4.78 is 1.06. The first-order chi connectivity index (χ1) is 10.6. The fraction of sp³-hybridized carbons (Fsp3) is 0.333. The maximum atomic E-state index is 12.0. The SMILES string of the molecule is Cl.O=C(Nc1ncc(Cc2ccc(Br)cc2)s1)C1CC(O)CN1. The van der Waals surface area contributed by atoms with E-state index in [0.29, 0.717) is 18.1 Å². The largest absolute Gasteiger partial charge is 0.392 e. The monoisotopic (exact) mass is 417 g/mol. The molecule has 3 N–H and O–H groups in total. The normalized spacial score (nSPS) is 20.1. The third-order valence-electron chi connectivity index (χ3n) is 3.50. The predicted molar refractivity (Wildman–Crippen MR) is 97.4 cm³/mol. The zero-order valence-corrected chi connectivity index (χ0v) is 15.4. The molecule has 1 aromatic heterocycles. The molecule has 1 saturated heterocycles. The van der Waals surface area contributed by atoms with E-state index in [-0.39, 0.29) is 24.4 Å². The van der Waals surface area contributed by atoms with E-state index in [2.05, 4.69) is 43.7 Å². The van der Waals surface area contributed by atoms with Crippen LogP contribution in [0.15, 0.2) is 34.9 Å². The van der Waals surface area contributed by atoms with E-state index >= 15 is 0 Å². The van der Waals surface area contributed by atoms with Gasteiger partial charge in [0, 0.05) is 28.5 Å². The summed E-state index contributed by atoms with van der Waals surface area (Å²) in [5, 5.41) is 15.8. The van der Waals surface area contributed by atoms with Crippen molar-refractivity contribution in [1.82, 2.24) is 10.3 Å². The Labute approximate surface area is 153 Å². The van der Waals surface area contributed by atoms with Gasteiger partial charge in [-0.25, -0.2) is 4.98 Å². The number of amides is 1. The third kappa shape index (κ3) is 4.99. The van der Waals surface area contributed by atoms with Crippen LogP contribution in [0.4, 0.5) is 5.13 Å². The third-order valence-corrected chi connectivity index (χ3v) is 4.94. The second-order valence-corrected chi connectivity index (χ2v) is 7.31. The smallest absolute Gasteiger partial charge is 0.243 e. The highest BCUT2D eigenvalue weighted by molar-refractivity contribution is 9.10. The Bertz CT molecular complexity index is 665. The zero-order chi connectivity index (χ0) is 15.5. The molecule has 1 aliphatic heterocycles. The summed E-state index contributed by atoms with van der Waals surface area (Å²) in [5.74, 6) is -0.138. The molecule has 3 rings (SSSR count). The minimum atomic E-state index is -0.444. The highest BCUT2D eigenvalue weighted by Crippen LogP contribution is 2.22. The number of anilines is 1. The van der Waals surface area contributed by atoms with Crippen LogP contribution in [0, 0.1) is 0 Å². The van der Waals surface area contributed by atoms with E-state index in [9.17, 15) is 9.90 Å². The lowest BCUT2D eigenvalue weighted by Gasteiger charge is -2.08. The van der Waals surface area contributed by atoms with Gasteiger partial charge in [0.1, 0.15) is 0 Å². The van der Waals surface area contributed by atoms with Crippen LogP contribution < -0.4 is 10.6 Å². The lowest BCUT2D eigenvalue weighted by molar-refractivity contribution is -0.117. The summed E-state index contributed by atoms with van der Waals surface area (Å²) in [5.41, 5.74) is 1.20. The lowest BCUT2D eigenvalue weighted by atomic mass is 10.1. The highest BCUT2D eigenvalue weighted by atomic mass is 79.9. The van der Waals surface area contributed by atoms with Crippen LogP contribution in [-0.4, -0.2) is 34.7 Å². The number of nitrogens with one attached hydrogen (secondary N) is 2. The molecule has 1 amide bonds. The highest BCUT2D eigenvalue weighted by Gasteiger charge is 2.28. The molecular formula is C15H17BrClN3O2S. The van der Waals surface area contributed by atoms with E-state index in [1.54, 1.807) is 6.20 Å². The van der Waals surface area contributed by atoms with Gasteiger partial charge in [0.2, 0.25) is 5.91 Å². The Kier molecular flexibility index (Phi) is 6.55.